The number of amides is 2. The molecule has 0 fully saturated rings. The van der Waals surface area contributed by atoms with Crippen molar-refractivity contribution in [3.8, 4) is 0 Å². The molecule has 7 heteroatoms. The fourth-order valence-corrected chi connectivity index (χ4v) is 2.34. The van der Waals surface area contributed by atoms with Gasteiger partial charge in [-0.25, -0.2) is 9.18 Å². The Balaban J connectivity index is 2.09. The Morgan fingerprint density at radius 2 is 1.65 bits per heavy atom. The van der Waals surface area contributed by atoms with Crippen LogP contribution in [-0.4, -0.2) is 30.9 Å². The molecule has 0 aliphatic rings. The number of rotatable bonds is 6. The summed E-state index contributed by atoms with van der Waals surface area (Å²) in [4.78, 5) is 35.4. The molecule has 0 spiro atoms. The Morgan fingerprint density at radius 3 is 2.19 bits per heavy atom. The first-order valence-electron chi connectivity index (χ1n) is 7.90. The first kappa shape index (κ1) is 19.1. The first-order valence-corrected chi connectivity index (χ1v) is 7.90. The molecule has 2 aromatic carbocycles. The van der Waals surface area contributed by atoms with Crippen molar-refractivity contribution >= 4 is 23.5 Å². The van der Waals surface area contributed by atoms with E-state index in [1.54, 1.807) is 24.3 Å². The zero-order chi connectivity index (χ0) is 19.1. The van der Waals surface area contributed by atoms with Crippen LogP contribution in [0.25, 0.3) is 0 Å². The molecule has 6 nitrogen and oxygen atoms in total. The molecule has 2 aromatic rings. The molecule has 2 amide bonds. The van der Waals surface area contributed by atoms with Gasteiger partial charge in [0.2, 0.25) is 5.91 Å². The number of hydrogen-bond donors (Lipinski definition) is 2. The van der Waals surface area contributed by atoms with Crippen molar-refractivity contribution < 1.29 is 23.5 Å². The minimum absolute atomic E-state index is 0.169. The average molecular weight is 358 g/mol. The zero-order valence-electron chi connectivity index (χ0n) is 14.4. The van der Waals surface area contributed by atoms with Gasteiger partial charge in [0.25, 0.3) is 5.91 Å². The van der Waals surface area contributed by atoms with Crippen molar-refractivity contribution in [2.45, 2.75) is 19.4 Å². The lowest BCUT2D eigenvalue weighted by Crippen LogP contribution is -2.43. The van der Waals surface area contributed by atoms with E-state index in [0.29, 0.717) is 16.8 Å². The summed E-state index contributed by atoms with van der Waals surface area (Å²) in [5.74, 6) is -1.66. The number of carbonyl (C=O) groups is 3. The molecule has 2 N–H and O–H groups in total. The molecule has 2 rings (SSSR count). The third-order valence-corrected chi connectivity index (χ3v) is 3.61. The van der Waals surface area contributed by atoms with Crippen molar-refractivity contribution in [2.24, 2.45) is 0 Å². The van der Waals surface area contributed by atoms with E-state index in [1.807, 2.05) is 0 Å². The highest BCUT2D eigenvalue weighted by Crippen LogP contribution is 2.11. The molecule has 0 saturated heterocycles. The van der Waals surface area contributed by atoms with Crippen molar-refractivity contribution in [1.29, 1.82) is 0 Å². The van der Waals surface area contributed by atoms with Crippen LogP contribution in [-0.2, 0) is 20.7 Å². The van der Waals surface area contributed by atoms with Crippen molar-refractivity contribution in [3.63, 3.8) is 0 Å². The fraction of sp³-hybridized carbons (Fsp3) is 0.211. The van der Waals surface area contributed by atoms with Gasteiger partial charge >= 0.3 is 5.97 Å². The molecule has 0 radical (unpaired) electrons. The third-order valence-electron chi connectivity index (χ3n) is 3.61. The predicted octanol–water partition coefficient (Wildman–Crippen LogP) is 2.30. The van der Waals surface area contributed by atoms with E-state index in [0.717, 1.165) is 0 Å². The van der Waals surface area contributed by atoms with Crippen LogP contribution in [0.3, 0.4) is 0 Å². The molecule has 0 bridgehead atoms. The molecule has 0 aliphatic carbocycles. The SMILES string of the molecule is COC(=O)[C@@H](Cc1ccc(F)cc1)NC(=O)c1ccc(NC(C)=O)cc1. The van der Waals surface area contributed by atoms with Crippen molar-refractivity contribution in [1.82, 2.24) is 5.32 Å². The van der Waals surface area contributed by atoms with Gasteiger partial charge in [-0.2, -0.15) is 0 Å². The highest BCUT2D eigenvalue weighted by molar-refractivity contribution is 5.97. The van der Waals surface area contributed by atoms with Crippen LogP contribution >= 0.6 is 0 Å². The van der Waals surface area contributed by atoms with Crippen molar-refractivity contribution in [3.05, 3.63) is 65.5 Å². The number of nitrogens with one attached hydrogen (secondary N) is 2. The van der Waals surface area contributed by atoms with Gasteiger partial charge < -0.3 is 15.4 Å². The highest BCUT2D eigenvalue weighted by Gasteiger charge is 2.22. The molecule has 0 aromatic heterocycles. The quantitative estimate of drug-likeness (QED) is 0.776. The summed E-state index contributed by atoms with van der Waals surface area (Å²) >= 11 is 0. The van der Waals surface area contributed by atoms with Crippen LogP contribution in [0.5, 0.6) is 0 Å². The van der Waals surface area contributed by atoms with Gasteiger partial charge in [0.05, 0.1) is 7.11 Å². The number of hydrogen-bond acceptors (Lipinski definition) is 4. The number of carbonyl (C=O) groups excluding carboxylic acids is 3. The molecule has 0 saturated carbocycles. The summed E-state index contributed by atoms with van der Waals surface area (Å²) in [6, 6.07) is 11.0. The van der Waals surface area contributed by atoms with Gasteiger partial charge in [-0.15, -0.1) is 0 Å². The summed E-state index contributed by atoms with van der Waals surface area (Å²) < 4.78 is 17.7. The molecule has 136 valence electrons. The summed E-state index contributed by atoms with van der Waals surface area (Å²) in [6.07, 6.45) is 0.169. The van der Waals surface area contributed by atoms with Crippen LogP contribution in [0.1, 0.15) is 22.8 Å². The maximum absolute atomic E-state index is 13.0. The van der Waals surface area contributed by atoms with E-state index < -0.39 is 17.9 Å². The average Bonchev–Trinajstić information content (AvgIpc) is 2.62. The number of halogens is 1. The summed E-state index contributed by atoms with van der Waals surface area (Å²) in [7, 11) is 1.23. The second kappa shape index (κ2) is 8.75. The number of anilines is 1. The second-order valence-electron chi connectivity index (χ2n) is 5.64. The minimum Gasteiger partial charge on any atom is -0.467 e. The maximum Gasteiger partial charge on any atom is 0.328 e. The van der Waals surface area contributed by atoms with Gasteiger partial charge in [-0.05, 0) is 42.0 Å². The molecular formula is C19H19FN2O4. The predicted molar refractivity (Wildman–Crippen MR) is 94.1 cm³/mol. The number of esters is 1. The molecule has 0 aliphatic heterocycles. The standard InChI is InChI=1S/C19H19FN2O4/c1-12(23)21-16-9-5-14(6-10-16)18(24)22-17(19(25)26-2)11-13-3-7-15(20)8-4-13/h3-10,17H,11H2,1-2H3,(H,21,23)(H,22,24)/t17-/m1/s1. The second-order valence-corrected chi connectivity index (χ2v) is 5.64. The smallest absolute Gasteiger partial charge is 0.328 e. The largest absolute Gasteiger partial charge is 0.467 e. The summed E-state index contributed by atoms with van der Waals surface area (Å²) in [5.41, 5.74) is 1.57. The monoisotopic (exact) mass is 358 g/mol. The molecule has 0 heterocycles. The number of methoxy groups -OCH3 is 1. The van der Waals surface area contributed by atoms with Gasteiger partial charge in [-0.3, -0.25) is 9.59 Å². The van der Waals surface area contributed by atoms with E-state index in [4.69, 9.17) is 4.74 Å². The molecule has 0 unspecified atom stereocenters. The van der Waals surface area contributed by atoms with Crippen LogP contribution in [0, 0.1) is 5.82 Å². The molecule has 1 atom stereocenters. The van der Waals surface area contributed by atoms with E-state index in [-0.39, 0.29) is 18.1 Å². The molecular weight excluding hydrogens is 339 g/mol. The van der Waals surface area contributed by atoms with Crippen molar-refractivity contribution in [2.75, 3.05) is 12.4 Å². The van der Waals surface area contributed by atoms with Crippen LogP contribution in [0.15, 0.2) is 48.5 Å². The fourth-order valence-electron chi connectivity index (χ4n) is 2.34. The van der Waals surface area contributed by atoms with E-state index in [9.17, 15) is 18.8 Å². The lowest BCUT2D eigenvalue weighted by atomic mass is 10.1. The van der Waals surface area contributed by atoms with E-state index in [2.05, 4.69) is 10.6 Å². The Morgan fingerprint density at radius 1 is 1.04 bits per heavy atom. The topological polar surface area (TPSA) is 84.5 Å². The summed E-state index contributed by atoms with van der Waals surface area (Å²) in [5, 5.41) is 5.21. The Bertz CT molecular complexity index is 788. The zero-order valence-corrected chi connectivity index (χ0v) is 14.4. The summed E-state index contributed by atoms with van der Waals surface area (Å²) in [6.45, 7) is 1.39. The number of benzene rings is 2. The van der Waals surface area contributed by atoms with E-state index in [1.165, 1.54) is 38.3 Å². The molecule has 26 heavy (non-hydrogen) atoms. The Labute approximate surface area is 150 Å². The Kier molecular flexibility index (Phi) is 6.43. The lowest BCUT2D eigenvalue weighted by Gasteiger charge is -2.17. The van der Waals surface area contributed by atoms with Crippen LogP contribution in [0.2, 0.25) is 0 Å². The van der Waals surface area contributed by atoms with Crippen LogP contribution < -0.4 is 10.6 Å². The lowest BCUT2D eigenvalue weighted by molar-refractivity contribution is -0.142. The van der Waals surface area contributed by atoms with Gasteiger partial charge in [0.1, 0.15) is 11.9 Å². The van der Waals surface area contributed by atoms with Gasteiger partial charge in [0, 0.05) is 24.6 Å². The normalized spacial score (nSPS) is 11.3. The number of ether oxygens (including phenoxy) is 1. The van der Waals surface area contributed by atoms with Crippen LogP contribution in [0.4, 0.5) is 10.1 Å². The minimum atomic E-state index is -0.909. The maximum atomic E-state index is 13.0. The first-order chi connectivity index (χ1) is 12.4. The van der Waals surface area contributed by atoms with Gasteiger partial charge in [-0.1, -0.05) is 12.1 Å². The Hall–Kier alpha value is -3.22. The van der Waals surface area contributed by atoms with E-state index >= 15 is 0 Å². The van der Waals surface area contributed by atoms with Gasteiger partial charge in [0.15, 0.2) is 0 Å². The third kappa shape index (κ3) is 5.41. The highest BCUT2D eigenvalue weighted by atomic mass is 19.1.